The average Bonchev–Trinajstić information content (AvgIpc) is 2.36. The molecule has 0 spiro atoms. The van der Waals surface area contributed by atoms with Crippen LogP contribution in [-0.4, -0.2) is 27.5 Å². The minimum absolute atomic E-state index is 0.221. The van der Waals surface area contributed by atoms with Crippen molar-refractivity contribution in [1.82, 2.24) is 15.0 Å². The van der Waals surface area contributed by atoms with Crippen molar-refractivity contribution in [2.45, 2.75) is 58.9 Å². The van der Waals surface area contributed by atoms with Crippen LogP contribution in [-0.2, 0) is 0 Å². The minimum atomic E-state index is 0.221. The number of nitrogens with zero attached hydrogens (tertiary/aromatic N) is 3. The summed E-state index contributed by atoms with van der Waals surface area (Å²) in [6.45, 7) is 7.14. The number of unbranched alkanes of at least 4 members (excludes halogenated alkanes) is 1. The molecule has 0 bridgehead atoms. The van der Waals surface area contributed by atoms with Gasteiger partial charge in [-0.15, -0.1) is 0 Å². The molecule has 0 aromatic carbocycles. The van der Waals surface area contributed by atoms with Gasteiger partial charge in [0, 0.05) is 12.6 Å². The van der Waals surface area contributed by atoms with Gasteiger partial charge in [-0.3, -0.25) is 0 Å². The second-order valence-corrected chi connectivity index (χ2v) is 4.89. The molecule has 1 atom stereocenters. The lowest BCUT2D eigenvalue weighted by Crippen LogP contribution is -2.21. The van der Waals surface area contributed by atoms with Crippen molar-refractivity contribution in [3.05, 3.63) is 5.28 Å². The lowest BCUT2D eigenvalue weighted by atomic mass is 10.1. The van der Waals surface area contributed by atoms with E-state index in [1.54, 1.807) is 0 Å². The predicted octanol–water partition coefficient (Wildman–Crippen LogP) is 3.73. The molecule has 0 saturated carbocycles. The molecule has 0 aliphatic rings. The fourth-order valence-electron chi connectivity index (χ4n) is 1.92. The standard InChI is InChI=1S/C13H24ClN5/c1-4-7-9-10(8-5-2)16-13-18-11(14)17-12(19-13)15-6-3/h10H,4-9H2,1-3H3,(H2,15,16,17,18,19). The number of anilines is 2. The second-order valence-electron chi connectivity index (χ2n) is 4.55. The van der Waals surface area contributed by atoms with Gasteiger partial charge < -0.3 is 10.6 Å². The third-order valence-corrected chi connectivity index (χ3v) is 2.99. The smallest absolute Gasteiger partial charge is 0.229 e. The first-order chi connectivity index (χ1) is 9.19. The molecule has 0 aliphatic carbocycles. The van der Waals surface area contributed by atoms with Crippen LogP contribution in [0.2, 0.25) is 5.28 Å². The number of halogens is 1. The lowest BCUT2D eigenvalue weighted by Gasteiger charge is -2.18. The van der Waals surface area contributed by atoms with Crippen molar-refractivity contribution in [2.75, 3.05) is 17.2 Å². The highest BCUT2D eigenvalue weighted by atomic mass is 35.5. The topological polar surface area (TPSA) is 62.7 Å². The van der Waals surface area contributed by atoms with Gasteiger partial charge in [-0.05, 0) is 31.4 Å². The Hall–Kier alpha value is -1.10. The number of nitrogens with one attached hydrogen (secondary N) is 2. The normalized spacial score (nSPS) is 12.2. The van der Waals surface area contributed by atoms with Crippen LogP contribution in [0.5, 0.6) is 0 Å². The van der Waals surface area contributed by atoms with Gasteiger partial charge in [0.25, 0.3) is 0 Å². The largest absolute Gasteiger partial charge is 0.354 e. The van der Waals surface area contributed by atoms with Crippen LogP contribution < -0.4 is 10.6 Å². The van der Waals surface area contributed by atoms with E-state index in [-0.39, 0.29) is 5.28 Å². The molecule has 19 heavy (non-hydrogen) atoms. The van der Waals surface area contributed by atoms with E-state index in [9.17, 15) is 0 Å². The van der Waals surface area contributed by atoms with Crippen molar-refractivity contribution < 1.29 is 0 Å². The molecule has 0 saturated heterocycles. The minimum Gasteiger partial charge on any atom is -0.354 e. The van der Waals surface area contributed by atoms with Crippen LogP contribution in [0.25, 0.3) is 0 Å². The Kier molecular flexibility index (Phi) is 7.48. The Bertz CT molecular complexity index is 372. The highest BCUT2D eigenvalue weighted by Gasteiger charge is 2.11. The summed E-state index contributed by atoms with van der Waals surface area (Å²) in [6.07, 6.45) is 5.78. The summed E-state index contributed by atoms with van der Waals surface area (Å²) >= 11 is 5.91. The fourth-order valence-corrected chi connectivity index (χ4v) is 2.08. The zero-order chi connectivity index (χ0) is 14.1. The molecule has 5 nitrogen and oxygen atoms in total. The Morgan fingerprint density at radius 2 is 1.74 bits per heavy atom. The summed E-state index contributed by atoms with van der Waals surface area (Å²) in [5.41, 5.74) is 0. The SMILES string of the molecule is CCCCC(CCC)Nc1nc(Cl)nc(NCC)n1. The summed E-state index contributed by atoms with van der Waals surface area (Å²) in [6, 6.07) is 0.401. The van der Waals surface area contributed by atoms with E-state index in [1.807, 2.05) is 6.92 Å². The number of aromatic nitrogens is 3. The molecule has 1 rings (SSSR count). The van der Waals surface area contributed by atoms with Gasteiger partial charge in [0.1, 0.15) is 0 Å². The molecule has 108 valence electrons. The van der Waals surface area contributed by atoms with Gasteiger partial charge in [0.05, 0.1) is 0 Å². The van der Waals surface area contributed by atoms with Gasteiger partial charge in [-0.25, -0.2) is 0 Å². The maximum Gasteiger partial charge on any atom is 0.229 e. The first-order valence-electron chi connectivity index (χ1n) is 7.11. The Morgan fingerprint density at radius 1 is 1.00 bits per heavy atom. The molecule has 1 heterocycles. The molecule has 0 fully saturated rings. The highest BCUT2D eigenvalue weighted by Crippen LogP contribution is 2.15. The van der Waals surface area contributed by atoms with Gasteiger partial charge >= 0.3 is 0 Å². The second kappa shape index (κ2) is 8.91. The van der Waals surface area contributed by atoms with Gasteiger partial charge in [0.15, 0.2) is 0 Å². The summed E-state index contributed by atoms with van der Waals surface area (Å²) in [4.78, 5) is 12.5. The molecule has 1 aromatic rings. The monoisotopic (exact) mass is 285 g/mol. The molecule has 1 aromatic heterocycles. The summed E-state index contributed by atoms with van der Waals surface area (Å²) < 4.78 is 0. The predicted molar refractivity (Wildman–Crippen MR) is 80.8 cm³/mol. The molecule has 1 unspecified atom stereocenters. The average molecular weight is 286 g/mol. The molecule has 0 amide bonds. The maximum absolute atomic E-state index is 5.91. The number of hydrogen-bond acceptors (Lipinski definition) is 5. The van der Waals surface area contributed by atoms with E-state index in [1.165, 1.54) is 12.8 Å². The summed E-state index contributed by atoms with van der Waals surface area (Å²) in [5, 5.41) is 6.64. The fraction of sp³-hybridized carbons (Fsp3) is 0.769. The van der Waals surface area contributed by atoms with Crippen LogP contribution in [0.4, 0.5) is 11.9 Å². The third kappa shape index (κ3) is 6.05. The van der Waals surface area contributed by atoms with Crippen molar-refractivity contribution >= 4 is 23.5 Å². The Morgan fingerprint density at radius 3 is 2.37 bits per heavy atom. The van der Waals surface area contributed by atoms with E-state index >= 15 is 0 Å². The maximum atomic E-state index is 5.91. The zero-order valence-corrected chi connectivity index (χ0v) is 12.8. The number of rotatable bonds is 9. The first kappa shape index (κ1) is 16.0. The molecule has 0 aliphatic heterocycles. The quantitative estimate of drug-likeness (QED) is 0.724. The van der Waals surface area contributed by atoms with Crippen molar-refractivity contribution in [1.29, 1.82) is 0 Å². The summed E-state index contributed by atoms with van der Waals surface area (Å²) in [5.74, 6) is 1.08. The van der Waals surface area contributed by atoms with Crippen molar-refractivity contribution in [3.8, 4) is 0 Å². The van der Waals surface area contributed by atoms with Gasteiger partial charge in [-0.2, -0.15) is 15.0 Å². The van der Waals surface area contributed by atoms with E-state index in [2.05, 4.69) is 39.4 Å². The highest BCUT2D eigenvalue weighted by molar-refractivity contribution is 6.28. The molecule has 6 heteroatoms. The third-order valence-electron chi connectivity index (χ3n) is 2.82. The van der Waals surface area contributed by atoms with Gasteiger partial charge in [0.2, 0.25) is 17.2 Å². The summed E-state index contributed by atoms with van der Waals surface area (Å²) in [7, 11) is 0. The van der Waals surface area contributed by atoms with Crippen LogP contribution in [0.1, 0.15) is 52.9 Å². The van der Waals surface area contributed by atoms with E-state index in [0.29, 0.717) is 17.9 Å². The van der Waals surface area contributed by atoms with Crippen molar-refractivity contribution in [2.24, 2.45) is 0 Å². The van der Waals surface area contributed by atoms with Gasteiger partial charge in [-0.1, -0.05) is 33.1 Å². The molecular weight excluding hydrogens is 262 g/mol. The molecule has 2 N–H and O–H groups in total. The van der Waals surface area contributed by atoms with E-state index in [4.69, 9.17) is 11.6 Å². The molecule has 0 radical (unpaired) electrons. The zero-order valence-electron chi connectivity index (χ0n) is 12.0. The Balaban J connectivity index is 2.71. The van der Waals surface area contributed by atoms with E-state index in [0.717, 1.165) is 25.8 Å². The first-order valence-corrected chi connectivity index (χ1v) is 7.49. The van der Waals surface area contributed by atoms with Crippen LogP contribution in [0.3, 0.4) is 0 Å². The van der Waals surface area contributed by atoms with Crippen LogP contribution in [0.15, 0.2) is 0 Å². The lowest BCUT2D eigenvalue weighted by molar-refractivity contribution is 0.561. The number of hydrogen-bond donors (Lipinski definition) is 2. The van der Waals surface area contributed by atoms with Crippen molar-refractivity contribution in [3.63, 3.8) is 0 Å². The van der Waals surface area contributed by atoms with Crippen LogP contribution in [0, 0.1) is 0 Å². The molecular formula is C13H24ClN5. The van der Waals surface area contributed by atoms with E-state index < -0.39 is 0 Å². The van der Waals surface area contributed by atoms with Crippen LogP contribution >= 0.6 is 11.6 Å². The Labute approximate surface area is 120 Å².